The van der Waals surface area contributed by atoms with Crippen molar-refractivity contribution in [2.45, 2.75) is 19.4 Å². The minimum atomic E-state index is -0.175. The molecule has 3 aromatic rings. The fraction of sp³-hybridized carbons (Fsp3) is 0.263. The maximum atomic E-state index is 14.2. The highest BCUT2D eigenvalue weighted by atomic mass is 19.1. The van der Waals surface area contributed by atoms with Crippen molar-refractivity contribution in [1.82, 2.24) is 10.3 Å². The molecule has 1 atom stereocenters. The van der Waals surface area contributed by atoms with E-state index in [1.807, 2.05) is 31.2 Å². The van der Waals surface area contributed by atoms with Crippen LogP contribution in [0, 0.1) is 5.82 Å². The normalized spacial score (nSPS) is 17.2. The topological polar surface area (TPSA) is 37.0 Å². The number of aromatic amines is 1. The van der Waals surface area contributed by atoms with Gasteiger partial charge < -0.3 is 15.0 Å². The van der Waals surface area contributed by atoms with Gasteiger partial charge in [0.1, 0.15) is 11.6 Å². The summed E-state index contributed by atoms with van der Waals surface area (Å²) < 4.78 is 19.8. The van der Waals surface area contributed by atoms with Crippen molar-refractivity contribution < 1.29 is 9.13 Å². The zero-order valence-corrected chi connectivity index (χ0v) is 13.0. The maximum absolute atomic E-state index is 14.2. The zero-order valence-electron chi connectivity index (χ0n) is 13.0. The van der Waals surface area contributed by atoms with Gasteiger partial charge in [0.15, 0.2) is 0 Å². The van der Waals surface area contributed by atoms with E-state index in [1.54, 1.807) is 6.07 Å². The largest absolute Gasteiger partial charge is 0.494 e. The SMILES string of the molecule is CCOc1ccc2[nH]c3c(c2c1)CCNC3c1ccccc1F. The van der Waals surface area contributed by atoms with Crippen LogP contribution < -0.4 is 10.1 Å². The van der Waals surface area contributed by atoms with E-state index in [2.05, 4.69) is 16.4 Å². The molecular formula is C19H19FN2O. The van der Waals surface area contributed by atoms with Crippen LogP contribution >= 0.6 is 0 Å². The molecule has 2 heterocycles. The molecule has 0 fully saturated rings. The van der Waals surface area contributed by atoms with Gasteiger partial charge in [0.25, 0.3) is 0 Å². The first-order valence-electron chi connectivity index (χ1n) is 8.03. The molecule has 4 rings (SSSR count). The van der Waals surface area contributed by atoms with Gasteiger partial charge in [0, 0.05) is 28.7 Å². The van der Waals surface area contributed by atoms with Crippen molar-refractivity contribution in [2.24, 2.45) is 0 Å². The number of halogens is 1. The molecule has 0 spiro atoms. The number of aromatic nitrogens is 1. The van der Waals surface area contributed by atoms with E-state index in [-0.39, 0.29) is 11.9 Å². The number of hydrogen-bond acceptors (Lipinski definition) is 2. The Kier molecular flexibility index (Phi) is 3.54. The van der Waals surface area contributed by atoms with Gasteiger partial charge in [-0.3, -0.25) is 0 Å². The third-order valence-electron chi connectivity index (χ3n) is 4.45. The van der Waals surface area contributed by atoms with Crippen molar-refractivity contribution >= 4 is 10.9 Å². The third kappa shape index (κ3) is 2.39. The maximum Gasteiger partial charge on any atom is 0.128 e. The first-order valence-corrected chi connectivity index (χ1v) is 8.03. The number of ether oxygens (including phenoxy) is 1. The quantitative estimate of drug-likeness (QED) is 0.769. The number of rotatable bonds is 3. The monoisotopic (exact) mass is 310 g/mol. The molecule has 1 unspecified atom stereocenters. The molecule has 118 valence electrons. The molecule has 0 radical (unpaired) electrons. The number of H-pyrrole nitrogens is 1. The molecule has 2 N–H and O–H groups in total. The lowest BCUT2D eigenvalue weighted by Crippen LogP contribution is -2.31. The Labute approximate surface area is 134 Å². The summed E-state index contributed by atoms with van der Waals surface area (Å²) in [4.78, 5) is 3.48. The predicted octanol–water partition coefficient (Wildman–Crippen LogP) is 3.94. The minimum absolute atomic E-state index is 0.136. The predicted molar refractivity (Wildman–Crippen MR) is 89.4 cm³/mol. The second kappa shape index (κ2) is 5.70. The van der Waals surface area contributed by atoms with Gasteiger partial charge in [0.2, 0.25) is 0 Å². The standard InChI is InChI=1S/C19H19FN2O/c1-2-23-12-7-8-17-15(11-12)13-9-10-21-18(19(13)22-17)14-5-3-4-6-16(14)20/h3-8,11,18,21-22H,2,9-10H2,1H3. The number of fused-ring (bicyclic) bond motifs is 3. The van der Waals surface area contributed by atoms with Crippen LogP contribution in [-0.2, 0) is 6.42 Å². The third-order valence-corrected chi connectivity index (χ3v) is 4.45. The second-order valence-electron chi connectivity index (χ2n) is 5.82. The van der Waals surface area contributed by atoms with Crippen molar-refractivity contribution in [3.8, 4) is 5.75 Å². The smallest absolute Gasteiger partial charge is 0.128 e. The van der Waals surface area contributed by atoms with Gasteiger partial charge in [0.05, 0.1) is 12.6 Å². The van der Waals surface area contributed by atoms with Crippen LogP contribution in [0.5, 0.6) is 5.75 Å². The highest BCUT2D eigenvalue weighted by Gasteiger charge is 2.27. The fourth-order valence-electron chi connectivity index (χ4n) is 3.44. The summed E-state index contributed by atoms with van der Waals surface area (Å²) in [7, 11) is 0. The lowest BCUT2D eigenvalue weighted by atomic mass is 9.94. The average molecular weight is 310 g/mol. The highest BCUT2D eigenvalue weighted by molar-refractivity contribution is 5.86. The lowest BCUT2D eigenvalue weighted by molar-refractivity contribution is 0.340. The van der Waals surface area contributed by atoms with Crippen LogP contribution in [0.15, 0.2) is 42.5 Å². The number of benzene rings is 2. The van der Waals surface area contributed by atoms with Gasteiger partial charge in [-0.2, -0.15) is 0 Å². The van der Waals surface area contributed by atoms with Crippen molar-refractivity contribution in [1.29, 1.82) is 0 Å². The van der Waals surface area contributed by atoms with Gasteiger partial charge in [-0.25, -0.2) is 4.39 Å². The number of hydrogen-bond donors (Lipinski definition) is 2. The molecule has 2 aromatic carbocycles. The molecular weight excluding hydrogens is 291 g/mol. The van der Waals surface area contributed by atoms with E-state index < -0.39 is 0 Å². The first-order chi connectivity index (χ1) is 11.3. The minimum Gasteiger partial charge on any atom is -0.494 e. The summed E-state index contributed by atoms with van der Waals surface area (Å²) in [6.07, 6.45) is 0.926. The lowest BCUT2D eigenvalue weighted by Gasteiger charge is -2.25. The molecule has 1 aliphatic rings. The van der Waals surface area contributed by atoms with E-state index in [0.717, 1.165) is 29.9 Å². The Hall–Kier alpha value is -2.33. The molecule has 0 saturated carbocycles. The first kappa shape index (κ1) is 14.3. The Bertz CT molecular complexity index is 856. The summed E-state index contributed by atoms with van der Waals surface area (Å²) in [5.74, 6) is 0.703. The van der Waals surface area contributed by atoms with E-state index in [9.17, 15) is 4.39 Å². The van der Waals surface area contributed by atoms with Gasteiger partial charge in [-0.1, -0.05) is 18.2 Å². The summed E-state index contributed by atoms with van der Waals surface area (Å²) in [6, 6.07) is 12.9. The molecule has 23 heavy (non-hydrogen) atoms. The Balaban J connectivity index is 1.85. The number of nitrogens with one attached hydrogen (secondary N) is 2. The average Bonchev–Trinajstić information content (AvgIpc) is 2.94. The van der Waals surface area contributed by atoms with Crippen LogP contribution in [0.1, 0.15) is 29.8 Å². The van der Waals surface area contributed by atoms with Crippen LogP contribution in [0.25, 0.3) is 10.9 Å². The van der Waals surface area contributed by atoms with Gasteiger partial charge in [-0.15, -0.1) is 0 Å². The summed E-state index contributed by atoms with van der Waals surface area (Å²) in [6.45, 7) is 3.46. The zero-order chi connectivity index (χ0) is 15.8. The molecule has 1 aromatic heterocycles. The molecule has 0 amide bonds. The Morgan fingerprint density at radius 3 is 2.91 bits per heavy atom. The Morgan fingerprint density at radius 2 is 2.09 bits per heavy atom. The molecule has 1 aliphatic heterocycles. The molecule has 0 saturated heterocycles. The fourth-order valence-corrected chi connectivity index (χ4v) is 3.44. The van der Waals surface area contributed by atoms with E-state index in [4.69, 9.17) is 4.74 Å². The van der Waals surface area contributed by atoms with Crippen molar-refractivity contribution in [2.75, 3.05) is 13.2 Å². The Morgan fingerprint density at radius 1 is 1.22 bits per heavy atom. The van der Waals surface area contributed by atoms with Crippen LogP contribution in [-0.4, -0.2) is 18.1 Å². The summed E-state index contributed by atoms with van der Waals surface area (Å²) >= 11 is 0. The van der Waals surface area contributed by atoms with Crippen LogP contribution in [0.3, 0.4) is 0 Å². The molecule has 0 bridgehead atoms. The van der Waals surface area contributed by atoms with Crippen molar-refractivity contribution in [3.05, 3.63) is 65.1 Å². The van der Waals surface area contributed by atoms with E-state index in [1.165, 1.54) is 17.0 Å². The van der Waals surface area contributed by atoms with Crippen LogP contribution in [0.4, 0.5) is 4.39 Å². The van der Waals surface area contributed by atoms with Crippen molar-refractivity contribution in [3.63, 3.8) is 0 Å². The molecule has 3 nitrogen and oxygen atoms in total. The van der Waals surface area contributed by atoms with E-state index in [0.29, 0.717) is 12.2 Å². The summed E-state index contributed by atoms with van der Waals surface area (Å²) in [5.41, 5.74) is 4.08. The van der Waals surface area contributed by atoms with E-state index >= 15 is 0 Å². The van der Waals surface area contributed by atoms with Crippen LogP contribution in [0.2, 0.25) is 0 Å². The summed E-state index contributed by atoms with van der Waals surface area (Å²) in [5, 5.41) is 4.61. The van der Waals surface area contributed by atoms with Gasteiger partial charge in [-0.05, 0) is 43.2 Å². The molecule has 4 heteroatoms. The molecule has 0 aliphatic carbocycles. The second-order valence-corrected chi connectivity index (χ2v) is 5.82. The highest BCUT2D eigenvalue weighted by Crippen LogP contribution is 2.35. The van der Waals surface area contributed by atoms with Gasteiger partial charge >= 0.3 is 0 Å².